The van der Waals surface area contributed by atoms with Crippen LogP contribution < -0.4 is 10.6 Å². The number of aromatic amines is 1. The molecule has 0 saturated carbocycles. The summed E-state index contributed by atoms with van der Waals surface area (Å²) in [5.41, 5.74) is 0. The predicted octanol–water partition coefficient (Wildman–Crippen LogP) is -1.01. The van der Waals surface area contributed by atoms with Gasteiger partial charge in [-0.15, -0.1) is 5.10 Å². The maximum Gasteiger partial charge on any atom is 0.269 e. The average molecular weight is 184 g/mol. The summed E-state index contributed by atoms with van der Waals surface area (Å²) in [6.07, 6.45) is 0. The lowest BCUT2D eigenvalue weighted by Gasteiger charge is -2.08. The highest BCUT2D eigenvalue weighted by atomic mass is 16.2. The summed E-state index contributed by atoms with van der Waals surface area (Å²) in [4.78, 5) is 11.3. The van der Waals surface area contributed by atoms with Crippen LogP contribution in [0.15, 0.2) is 0 Å². The Labute approximate surface area is 75.3 Å². The van der Waals surface area contributed by atoms with E-state index in [0.29, 0.717) is 6.54 Å². The van der Waals surface area contributed by atoms with Gasteiger partial charge in [0, 0.05) is 12.5 Å². The monoisotopic (exact) mass is 184 g/mol. The van der Waals surface area contributed by atoms with Gasteiger partial charge in [-0.2, -0.15) is 5.21 Å². The number of rotatable bonds is 4. The fraction of sp³-hybridized carbons (Fsp3) is 0.667. The number of amides is 1. The molecule has 0 radical (unpaired) electrons. The van der Waals surface area contributed by atoms with Crippen molar-refractivity contribution in [3.8, 4) is 0 Å². The molecule has 72 valence electrons. The molecule has 3 N–H and O–H groups in total. The fourth-order valence-electron chi connectivity index (χ4n) is 0.847. The normalized spacial score (nSPS) is 12.5. The van der Waals surface area contributed by atoms with Gasteiger partial charge in [0.2, 0.25) is 5.91 Å². The molecule has 1 rings (SSSR count). The Bertz CT molecular complexity index is 258. The van der Waals surface area contributed by atoms with E-state index in [1.807, 2.05) is 6.92 Å². The number of hydrogen-bond acceptors (Lipinski definition) is 5. The molecule has 0 aliphatic carbocycles. The van der Waals surface area contributed by atoms with E-state index in [1.54, 1.807) is 7.05 Å². The van der Waals surface area contributed by atoms with Crippen molar-refractivity contribution in [2.75, 3.05) is 18.9 Å². The van der Waals surface area contributed by atoms with Gasteiger partial charge in [-0.05, 0) is 12.3 Å². The van der Waals surface area contributed by atoms with Crippen LogP contribution in [-0.2, 0) is 4.79 Å². The zero-order chi connectivity index (χ0) is 9.68. The van der Waals surface area contributed by atoms with E-state index in [-0.39, 0.29) is 17.8 Å². The lowest BCUT2D eigenvalue weighted by atomic mass is 10.2. The second kappa shape index (κ2) is 4.51. The molecule has 0 aliphatic rings. The van der Waals surface area contributed by atoms with Crippen LogP contribution in [0.2, 0.25) is 0 Å². The zero-order valence-electron chi connectivity index (χ0n) is 7.53. The van der Waals surface area contributed by atoms with E-state index in [2.05, 4.69) is 31.3 Å². The molecule has 1 atom stereocenters. The van der Waals surface area contributed by atoms with Gasteiger partial charge in [0.1, 0.15) is 0 Å². The Morgan fingerprint density at radius 2 is 2.46 bits per heavy atom. The summed E-state index contributed by atoms with van der Waals surface area (Å²) < 4.78 is 0. The first-order valence-corrected chi connectivity index (χ1v) is 3.93. The van der Waals surface area contributed by atoms with Gasteiger partial charge in [0.15, 0.2) is 0 Å². The van der Waals surface area contributed by atoms with E-state index in [9.17, 15) is 4.79 Å². The first-order chi connectivity index (χ1) is 6.24. The summed E-state index contributed by atoms with van der Waals surface area (Å²) in [5, 5.41) is 18.2. The molecule has 7 nitrogen and oxygen atoms in total. The van der Waals surface area contributed by atoms with Gasteiger partial charge >= 0.3 is 0 Å². The summed E-state index contributed by atoms with van der Waals surface area (Å²) in [5.74, 6) is -0.0489. The van der Waals surface area contributed by atoms with Gasteiger partial charge in [-0.25, -0.2) is 0 Å². The SMILES string of the molecule is CNCC(C)C(=O)Nc1nn[nH]n1. The van der Waals surface area contributed by atoms with Gasteiger partial charge in [-0.1, -0.05) is 12.0 Å². The summed E-state index contributed by atoms with van der Waals surface area (Å²) in [7, 11) is 1.79. The van der Waals surface area contributed by atoms with E-state index < -0.39 is 0 Å². The molecular weight excluding hydrogens is 172 g/mol. The maximum atomic E-state index is 11.3. The number of nitrogens with zero attached hydrogens (tertiary/aromatic N) is 3. The molecule has 0 spiro atoms. The first-order valence-electron chi connectivity index (χ1n) is 3.93. The Balaban J connectivity index is 2.41. The third-order valence-corrected chi connectivity index (χ3v) is 1.54. The van der Waals surface area contributed by atoms with E-state index >= 15 is 0 Å². The van der Waals surface area contributed by atoms with Crippen LogP contribution in [0.3, 0.4) is 0 Å². The van der Waals surface area contributed by atoms with Crippen molar-refractivity contribution < 1.29 is 4.79 Å². The molecule has 7 heteroatoms. The topological polar surface area (TPSA) is 95.6 Å². The molecule has 1 amide bonds. The maximum absolute atomic E-state index is 11.3. The van der Waals surface area contributed by atoms with Crippen molar-refractivity contribution >= 4 is 11.9 Å². The molecule has 0 fully saturated rings. The van der Waals surface area contributed by atoms with Gasteiger partial charge in [0.25, 0.3) is 5.95 Å². The van der Waals surface area contributed by atoms with E-state index in [0.717, 1.165) is 0 Å². The molecule has 1 aromatic rings. The van der Waals surface area contributed by atoms with Crippen LogP contribution in [0.4, 0.5) is 5.95 Å². The zero-order valence-corrected chi connectivity index (χ0v) is 7.53. The summed E-state index contributed by atoms with van der Waals surface area (Å²) in [6.45, 7) is 2.43. The Kier molecular flexibility index (Phi) is 3.32. The minimum Gasteiger partial charge on any atom is -0.319 e. The number of tetrazole rings is 1. The van der Waals surface area contributed by atoms with Crippen molar-refractivity contribution in [3.63, 3.8) is 0 Å². The average Bonchev–Trinajstić information content (AvgIpc) is 2.57. The molecule has 0 bridgehead atoms. The largest absolute Gasteiger partial charge is 0.319 e. The van der Waals surface area contributed by atoms with Gasteiger partial charge in [-0.3, -0.25) is 10.1 Å². The van der Waals surface area contributed by atoms with Crippen LogP contribution in [0, 0.1) is 5.92 Å². The van der Waals surface area contributed by atoms with Crippen molar-refractivity contribution in [3.05, 3.63) is 0 Å². The van der Waals surface area contributed by atoms with Crippen molar-refractivity contribution in [2.24, 2.45) is 5.92 Å². The molecule has 1 aromatic heterocycles. The summed E-state index contributed by atoms with van der Waals surface area (Å²) in [6, 6.07) is 0. The fourth-order valence-corrected chi connectivity index (χ4v) is 0.847. The standard InChI is InChI=1S/C6H12N6O/c1-4(3-7-2)5(13)8-6-9-11-12-10-6/h4,7H,3H2,1-2H3,(H2,8,9,10,11,12,13). The van der Waals surface area contributed by atoms with E-state index in [4.69, 9.17) is 0 Å². The minimum atomic E-state index is -0.129. The van der Waals surface area contributed by atoms with Crippen LogP contribution in [0.1, 0.15) is 6.92 Å². The van der Waals surface area contributed by atoms with Crippen molar-refractivity contribution in [1.29, 1.82) is 0 Å². The third kappa shape index (κ3) is 2.79. The van der Waals surface area contributed by atoms with Crippen LogP contribution >= 0.6 is 0 Å². The number of carbonyl (C=O) groups excluding carboxylic acids is 1. The molecular formula is C6H12N6O. The number of anilines is 1. The number of nitrogens with one attached hydrogen (secondary N) is 3. The smallest absolute Gasteiger partial charge is 0.269 e. The van der Waals surface area contributed by atoms with Crippen LogP contribution in [-0.4, -0.2) is 40.1 Å². The van der Waals surface area contributed by atoms with Crippen molar-refractivity contribution in [2.45, 2.75) is 6.92 Å². The van der Waals surface area contributed by atoms with Crippen molar-refractivity contribution in [1.82, 2.24) is 25.9 Å². The first kappa shape index (κ1) is 9.59. The lowest BCUT2D eigenvalue weighted by Crippen LogP contribution is -2.28. The molecule has 0 saturated heterocycles. The summed E-state index contributed by atoms with van der Waals surface area (Å²) >= 11 is 0. The molecule has 0 aromatic carbocycles. The predicted molar refractivity (Wildman–Crippen MR) is 45.9 cm³/mol. The number of H-pyrrole nitrogens is 1. The lowest BCUT2D eigenvalue weighted by molar-refractivity contribution is -0.119. The van der Waals surface area contributed by atoms with Crippen LogP contribution in [0.25, 0.3) is 0 Å². The quantitative estimate of drug-likeness (QED) is 0.557. The Hall–Kier alpha value is -1.50. The second-order valence-corrected chi connectivity index (χ2v) is 2.68. The number of carbonyl (C=O) groups is 1. The third-order valence-electron chi connectivity index (χ3n) is 1.54. The second-order valence-electron chi connectivity index (χ2n) is 2.68. The van der Waals surface area contributed by atoms with Crippen LogP contribution in [0.5, 0.6) is 0 Å². The molecule has 1 heterocycles. The Morgan fingerprint density at radius 3 is 3.00 bits per heavy atom. The molecule has 0 aliphatic heterocycles. The number of aromatic nitrogens is 4. The number of hydrogen-bond donors (Lipinski definition) is 3. The van der Waals surface area contributed by atoms with Gasteiger partial charge in [0.05, 0.1) is 0 Å². The highest BCUT2D eigenvalue weighted by Crippen LogP contribution is 1.98. The molecule has 13 heavy (non-hydrogen) atoms. The highest BCUT2D eigenvalue weighted by molar-refractivity contribution is 5.90. The minimum absolute atomic E-state index is 0.122. The molecule has 1 unspecified atom stereocenters. The van der Waals surface area contributed by atoms with Gasteiger partial charge < -0.3 is 5.32 Å². The Morgan fingerprint density at radius 1 is 1.69 bits per heavy atom. The highest BCUT2D eigenvalue weighted by Gasteiger charge is 2.13. The van der Waals surface area contributed by atoms with E-state index in [1.165, 1.54) is 0 Å².